The maximum Gasteiger partial charge on any atom is 0.115 e. The molecular formula is C21H20O. The number of hydrogen-bond acceptors (Lipinski definition) is 1. The van der Waals surface area contributed by atoms with Gasteiger partial charge < -0.3 is 4.74 Å². The van der Waals surface area contributed by atoms with Crippen molar-refractivity contribution in [1.82, 2.24) is 0 Å². The van der Waals surface area contributed by atoms with Crippen molar-refractivity contribution in [3.8, 4) is 11.1 Å². The largest absolute Gasteiger partial charge is 0.362 e. The molecule has 22 heavy (non-hydrogen) atoms. The van der Waals surface area contributed by atoms with Crippen molar-refractivity contribution < 1.29 is 6.11 Å². The van der Waals surface area contributed by atoms with Crippen molar-refractivity contribution in [3.63, 3.8) is 0 Å². The molecule has 0 heterocycles. The fraction of sp³-hybridized carbons (Fsp3) is 0.143. The van der Waals surface area contributed by atoms with E-state index in [4.69, 9.17) is 6.11 Å². The Morgan fingerprint density at radius 3 is 2.45 bits per heavy atom. The van der Waals surface area contributed by atoms with E-state index in [9.17, 15) is 0 Å². The Morgan fingerprint density at radius 1 is 1.05 bits per heavy atom. The second-order valence-electron chi connectivity index (χ2n) is 5.34. The predicted molar refractivity (Wildman–Crippen MR) is 92.6 cm³/mol. The fourth-order valence-corrected chi connectivity index (χ4v) is 2.70. The number of rotatable bonds is 5. The van der Waals surface area contributed by atoms with Crippen LogP contribution in [0.5, 0.6) is 0 Å². The molecule has 0 N–H and O–H groups in total. The van der Waals surface area contributed by atoms with Gasteiger partial charge in [0, 0.05) is 6.42 Å². The zero-order valence-electron chi connectivity index (χ0n) is 13.5. The summed E-state index contributed by atoms with van der Waals surface area (Å²) in [6.45, 7) is 4.19. The summed E-state index contributed by atoms with van der Waals surface area (Å²) in [5.74, 6) is 0. The van der Waals surface area contributed by atoms with E-state index in [1.54, 1.807) is 6.08 Å². The molecule has 110 valence electrons. The Balaban J connectivity index is 1.93. The summed E-state index contributed by atoms with van der Waals surface area (Å²) in [4.78, 5) is 0. The highest BCUT2D eigenvalue weighted by Gasteiger charge is 2.29. The Hall–Kier alpha value is -2.38. The minimum Gasteiger partial charge on any atom is -0.362 e. The second-order valence-corrected chi connectivity index (χ2v) is 5.34. The molecular weight excluding hydrogens is 268 g/mol. The monoisotopic (exact) mass is 289 g/mol. The lowest BCUT2D eigenvalue weighted by atomic mass is 9.86. The zero-order valence-corrected chi connectivity index (χ0v) is 12.5. The smallest absolute Gasteiger partial charge is 0.115 e. The Kier molecular flexibility index (Phi) is 3.98. The van der Waals surface area contributed by atoms with Crippen molar-refractivity contribution in [1.29, 1.82) is 0 Å². The van der Waals surface area contributed by atoms with Gasteiger partial charge >= 0.3 is 0 Å². The first-order valence-electron chi connectivity index (χ1n) is 7.99. The highest BCUT2D eigenvalue weighted by molar-refractivity contribution is 5.63. The summed E-state index contributed by atoms with van der Waals surface area (Å²) >= 11 is 0. The van der Waals surface area contributed by atoms with Crippen LogP contribution >= 0.6 is 0 Å². The lowest BCUT2D eigenvalue weighted by Crippen LogP contribution is -2.28. The average Bonchev–Trinajstić information content (AvgIpc) is 2.61. The van der Waals surface area contributed by atoms with E-state index in [0.29, 0.717) is 19.1 Å². The van der Waals surface area contributed by atoms with Crippen molar-refractivity contribution in [2.75, 3.05) is 6.61 Å². The third-order valence-electron chi connectivity index (χ3n) is 3.88. The van der Waals surface area contributed by atoms with Gasteiger partial charge in [-0.15, -0.1) is 6.58 Å². The molecule has 0 aliphatic heterocycles. The van der Waals surface area contributed by atoms with Gasteiger partial charge in [-0.2, -0.15) is 0 Å². The van der Waals surface area contributed by atoms with Crippen LogP contribution < -0.4 is 0 Å². The standard InChI is InChI=1S/C21H20O/c1-2-17-22-21(15-7-4-8-16-21)20-13-11-19(12-14-20)18-9-5-3-6-10-18/h2-15H,1,16-17H2/i8D. The van der Waals surface area contributed by atoms with Gasteiger partial charge in [-0.1, -0.05) is 78.9 Å². The van der Waals surface area contributed by atoms with E-state index in [-0.39, 0.29) is 0 Å². The van der Waals surface area contributed by atoms with Gasteiger partial charge in [0.05, 0.1) is 7.98 Å². The van der Waals surface area contributed by atoms with E-state index < -0.39 is 5.60 Å². The van der Waals surface area contributed by atoms with E-state index in [2.05, 4.69) is 43.0 Å². The van der Waals surface area contributed by atoms with Crippen molar-refractivity contribution >= 4 is 0 Å². The van der Waals surface area contributed by atoms with Crippen LogP contribution in [0.4, 0.5) is 0 Å². The average molecular weight is 289 g/mol. The second kappa shape index (κ2) is 6.59. The molecule has 2 aromatic carbocycles. The van der Waals surface area contributed by atoms with Crippen molar-refractivity contribution in [2.24, 2.45) is 0 Å². The number of benzene rings is 2. The Morgan fingerprint density at radius 2 is 1.77 bits per heavy atom. The predicted octanol–water partition coefficient (Wildman–Crippen LogP) is 5.27. The van der Waals surface area contributed by atoms with Crippen LogP contribution in [0.2, 0.25) is 0 Å². The third kappa shape index (κ3) is 2.95. The first-order chi connectivity index (χ1) is 11.2. The molecule has 1 unspecified atom stereocenters. The molecule has 1 aliphatic carbocycles. The van der Waals surface area contributed by atoms with Gasteiger partial charge in [0.1, 0.15) is 5.60 Å². The van der Waals surface area contributed by atoms with E-state index in [0.717, 1.165) is 5.56 Å². The molecule has 0 aromatic heterocycles. The van der Waals surface area contributed by atoms with Crippen LogP contribution in [-0.2, 0) is 10.3 Å². The molecule has 0 radical (unpaired) electrons. The summed E-state index contributed by atoms with van der Waals surface area (Å²) in [5, 5.41) is 0. The molecule has 0 amide bonds. The van der Waals surface area contributed by atoms with Crippen LogP contribution in [0.3, 0.4) is 0 Å². The summed E-state index contributed by atoms with van der Waals surface area (Å²) in [6, 6.07) is 19.3. The molecule has 1 heteroatoms. The number of ether oxygens (including phenoxy) is 1. The van der Waals surface area contributed by atoms with E-state index in [1.165, 1.54) is 11.1 Å². The maximum absolute atomic E-state index is 7.99. The molecule has 3 rings (SSSR count). The van der Waals surface area contributed by atoms with Gasteiger partial charge in [-0.25, -0.2) is 0 Å². The van der Waals surface area contributed by atoms with Gasteiger partial charge in [-0.05, 0) is 22.8 Å². The highest BCUT2D eigenvalue weighted by atomic mass is 16.5. The minimum atomic E-state index is -0.574. The maximum atomic E-state index is 7.99. The SMILES string of the molecule is [2H]C1=CC=CC(OCC=C)(c2ccc(-c3ccccc3)cc2)C1. The van der Waals surface area contributed by atoms with Crippen LogP contribution in [0.1, 0.15) is 13.4 Å². The summed E-state index contributed by atoms with van der Waals surface area (Å²) in [7, 11) is 0. The van der Waals surface area contributed by atoms with Crippen molar-refractivity contribution in [3.05, 3.63) is 97.1 Å². The first kappa shape index (κ1) is 13.3. The van der Waals surface area contributed by atoms with Crippen LogP contribution in [0.25, 0.3) is 11.1 Å². The molecule has 0 bridgehead atoms. The molecule has 0 saturated heterocycles. The van der Waals surface area contributed by atoms with Gasteiger partial charge in [-0.3, -0.25) is 0 Å². The molecule has 1 aliphatic rings. The van der Waals surface area contributed by atoms with E-state index in [1.807, 2.05) is 36.4 Å². The fourth-order valence-electron chi connectivity index (χ4n) is 2.70. The summed E-state index contributed by atoms with van der Waals surface area (Å²) in [5.41, 5.74) is 2.86. The lowest BCUT2D eigenvalue weighted by molar-refractivity contribution is 0.00634. The normalized spacial score (nSPS) is 21.1. The highest BCUT2D eigenvalue weighted by Crippen LogP contribution is 2.35. The molecule has 0 fully saturated rings. The summed E-state index contributed by atoms with van der Waals surface area (Å²) < 4.78 is 14.0. The van der Waals surface area contributed by atoms with E-state index >= 15 is 0 Å². The van der Waals surface area contributed by atoms with Crippen LogP contribution in [-0.4, -0.2) is 6.61 Å². The topological polar surface area (TPSA) is 9.23 Å². The van der Waals surface area contributed by atoms with Gasteiger partial charge in [0.25, 0.3) is 0 Å². The van der Waals surface area contributed by atoms with Crippen molar-refractivity contribution in [2.45, 2.75) is 12.0 Å². The number of hydrogen-bond donors (Lipinski definition) is 0. The first-order valence-corrected chi connectivity index (χ1v) is 7.49. The van der Waals surface area contributed by atoms with Gasteiger partial charge in [0.15, 0.2) is 0 Å². The third-order valence-corrected chi connectivity index (χ3v) is 3.88. The van der Waals surface area contributed by atoms with Crippen LogP contribution in [0, 0.1) is 0 Å². The van der Waals surface area contributed by atoms with Gasteiger partial charge in [0.2, 0.25) is 0 Å². The lowest BCUT2D eigenvalue weighted by Gasteiger charge is -2.32. The Labute approximate surface area is 133 Å². The molecule has 0 saturated carbocycles. The molecule has 1 atom stereocenters. The quantitative estimate of drug-likeness (QED) is 0.681. The minimum absolute atomic E-state index is 0.456. The van der Waals surface area contributed by atoms with Crippen LogP contribution in [0.15, 0.2) is 91.5 Å². The molecule has 2 aromatic rings. The number of allylic oxidation sites excluding steroid dienone is 2. The zero-order chi connectivity index (χ0) is 16.1. The molecule has 1 nitrogen and oxygen atoms in total. The summed E-state index contributed by atoms with van der Waals surface area (Å²) in [6.07, 6.45) is 8.04. The Bertz CT molecular complexity index is 728. The molecule has 0 spiro atoms.